The molecule has 0 aliphatic carbocycles. The first-order valence-corrected chi connectivity index (χ1v) is 9.99. The Labute approximate surface area is 188 Å². The minimum absolute atomic E-state index is 0.165. The van der Waals surface area contributed by atoms with Crippen LogP contribution in [0.15, 0.2) is 73.1 Å². The summed E-state index contributed by atoms with van der Waals surface area (Å²) in [5, 5.41) is 10.6. The number of nitrogens with zero attached hydrogens (tertiary/aromatic N) is 3. The highest BCUT2D eigenvalue weighted by atomic mass is 35.5. The number of ether oxygens (including phenoxy) is 1. The topological polar surface area (TPSA) is 58.8 Å². The molecule has 0 aliphatic heterocycles. The van der Waals surface area contributed by atoms with Gasteiger partial charge in [0.1, 0.15) is 24.1 Å². The number of hydrogen-bond acceptors (Lipinski definition) is 4. The van der Waals surface area contributed by atoms with Crippen LogP contribution in [0.4, 0.5) is 4.39 Å². The van der Waals surface area contributed by atoms with E-state index < -0.39 is 0 Å². The SMILES string of the molecule is N#Cc1cc(-c2ccc(F)cc2)c(-c2ccc(Cl)cc2Cl)nc1OCc1cccnc1. The van der Waals surface area contributed by atoms with Crippen molar-refractivity contribution >= 4 is 23.2 Å². The van der Waals surface area contributed by atoms with Gasteiger partial charge in [-0.1, -0.05) is 41.4 Å². The summed E-state index contributed by atoms with van der Waals surface area (Å²) in [5.41, 5.74) is 3.49. The van der Waals surface area contributed by atoms with Gasteiger partial charge in [0, 0.05) is 34.1 Å². The van der Waals surface area contributed by atoms with Crippen LogP contribution in [-0.4, -0.2) is 9.97 Å². The predicted octanol–water partition coefficient (Wildman–Crippen LogP) is 6.71. The van der Waals surface area contributed by atoms with E-state index in [-0.39, 0.29) is 23.9 Å². The zero-order valence-corrected chi connectivity index (χ0v) is 17.5. The van der Waals surface area contributed by atoms with Crippen LogP contribution in [0.5, 0.6) is 5.88 Å². The minimum Gasteiger partial charge on any atom is -0.472 e. The van der Waals surface area contributed by atoms with Gasteiger partial charge >= 0.3 is 0 Å². The van der Waals surface area contributed by atoms with Crippen molar-refractivity contribution in [3.8, 4) is 34.3 Å². The third-order valence-electron chi connectivity index (χ3n) is 4.55. The summed E-state index contributed by atoms with van der Waals surface area (Å²) in [6, 6.07) is 18.5. The molecule has 31 heavy (non-hydrogen) atoms. The normalized spacial score (nSPS) is 10.5. The molecule has 0 atom stereocenters. The second kappa shape index (κ2) is 9.13. The first-order chi connectivity index (χ1) is 15.0. The molecular formula is C24H14Cl2FN3O. The number of nitriles is 1. The molecule has 0 radical (unpaired) electrons. The quantitative estimate of drug-likeness (QED) is 0.339. The lowest BCUT2D eigenvalue weighted by molar-refractivity contribution is 0.293. The van der Waals surface area contributed by atoms with Crippen molar-refractivity contribution in [2.45, 2.75) is 6.61 Å². The number of hydrogen-bond donors (Lipinski definition) is 0. The molecule has 0 saturated carbocycles. The van der Waals surface area contributed by atoms with Gasteiger partial charge in [0.05, 0.1) is 10.7 Å². The Morgan fingerprint density at radius 3 is 2.48 bits per heavy atom. The third-order valence-corrected chi connectivity index (χ3v) is 5.10. The Balaban J connectivity index is 1.86. The van der Waals surface area contributed by atoms with Crippen molar-refractivity contribution in [2.75, 3.05) is 0 Å². The van der Waals surface area contributed by atoms with Crippen LogP contribution in [0.3, 0.4) is 0 Å². The molecule has 0 N–H and O–H groups in total. The van der Waals surface area contributed by atoms with Crippen LogP contribution in [0, 0.1) is 17.1 Å². The van der Waals surface area contributed by atoms with Gasteiger partial charge in [0.15, 0.2) is 0 Å². The smallest absolute Gasteiger partial charge is 0.232 e. The molecule has 0 unspecified atom stereocenters. The summed E-state index contributed by atoms with van der Waals surface area (Å²) in [5.74, 6) is -0.196. The monoisotopic (exact) mass is 449 g/mol. The highest BCUT2D eigenvalue weighted by Gasteiger charge is 2.18. The Morgan fingerprint density at radius 1 is 1.00 bits per heavy atom. The molecule has 0 fully saturated rings. The highest BCUT2D eigenvalue weighted by Crippen LogP contribution is 2.38. The largest absolute Gasteiger partial charge is 0.472 e. The fraction of sp³-hybridized carbons (Fsp3) is 0.0417. The maximum atomic E-state index is 13.5. The minimum atomic E-state index is -0.361. The van der Waals surface area contributed by atoms with Gasteiger partial charge in [-0.3, -0.25) is 4.98 Å². The number of benzene rings is 2. The fourth-order valence-electron chi connectivity index (χ4n) is 3.06. The van der Waals surface area contributed by atoms with Gasteiger partial charge in [-0.05, 0) is 48.0 Å². The molecule has 0 amide bonds. The van der Waals surface area contributed by atoms with Crippen molar-refractivity contribution in [3.63, 3.8) is 0 Å². The van der Waals surface area contributed by atoms with Crippen LogP contribution in [0.2, 0.25) is 10.0 Å². The molecule has 4 nitrogen and oxygen atoms in total. The fourth-order valence-corrected chi connectivity index (χ4v) is 3.56. The van der Waals surface area contributed by atoms with Crippen molar-refractivity contribution in [3.05, 3.63) is 100 Å². The Bertz CT molecular complexity index is 1270. The molecule has 0 spiro atoms. The van der Waals surface area contributed by atoms with E-state index >= 15 is 0 Å². The van der Waals surface area contributed by atoms with Crippen molar-refractivity contribution < 1.29 is 9.13 Å². The van der Waals surface area contributed by atoms with E-state index in [1.54, 1.807) is 54.9 Å². The lowest BCUT2D eigenvalue weighted by atomic mass is 9.97. The number of rotatable bonds is 5. The molecule has 2 aromatic carbocycles. The van der Waals surface area contributed by atoms with E-state index in [0.717, 1.165) is 5.56 Å². The molecule has 4 rings (SSSR count). The predicted molar refractivity (Wildman–Crippen MR) is 118 cm³/mol. The van der Waals surface area contributed by atoms with Crippen molar-refractivity contribution in [1.29, 1.82) is 5.26 Å². The Morgan fingerprint density at radius 2 is 1.81 bits per heavy atom. The van der Waals surface area contributed by atoms with E-state index in [4.69, 9.17) is 27.9 Å². The zero-order chi connectivity index (χ0) is 21.8. The Kier molecular flexibility index (Phi) is 6.13. The van der Waals surface area contributed by atoms with Crippen molar-refractivity contribution in [2.24, 2.45) is 0 Å². The van der Waals surface area contributed by atoms with E-state index in [1.807, 2.05) is 6.07 Å². The Hall–Kier alpha value is -3.46. The summed E-state index contributed by atoms with van der Waals surface area (Å²) >= 11 is 12.5. The van der Waals surface area contributed by atoms with E-state index in [2.05, 4.69) is 16.0 Å². The summed E-state index contributed by atoms with van der Waals surface area (Å²) in [4.78, 5) is 8.69. The van der Waals surface area contributed by atoms with Gasteiger partial charge < -0.3 is 4.74 Å². The second-order valence-corrected chi connectivity index (χ2v) is 7.47. The lowest BCUT2D eigenvalue weighted by Gasteiger charge is -2.15. The molecule has 152 valence electrons. The van der Waals surface area contributed by atoms with Gasteiger partial charge in [0.2, 0.25) is 5.88 Å². The lowest BCUT2D eigenvalue weighted by Crippen LogP contribution is -2.02. The van der Waals surface area contributed by atoms with E-state index in [0.29, 0.717) is 32.4 Å². The molecular weight excluding hydrogens is 436 g/mol. The zero-order valence-electron chi connectivity index (χ0n) is 16.0. The molecule has 0 aliphatic rings. The summed E-state index contributed by atoms with van der Waals surface area (Å²) in [6.07, 6.45) is 3.34. The standard InChI is InChI=1S/C24H14Cl2FN3O/c25-18-5-8-20(22(26)11-18)23-21(16-3-6-19(27)7-4-16)10-17(12-28)24(30-23)31-14-15-2-1-9-29-13-15/h1-11,13H,14H2. The molecule has 2 heterocycles. The van der Waals surface area contributed by atoms with Crippen LogP contribution in [0.25, 0.3) is 22.4 Å². The van der Waals surface area contributed by atoms with Gasteiger partial charge in [-0.25, -0.2) is 9.37 Å². The van der Waals surface area contributed by atoms with Gasteiger partial charge in [0.25, 0.3) is 0 Å². The third kappa shape index (κ3) is 4.66. The maximum Gasteiger partial charge on any atom is 0.232 e. The molecule has 4 aromatic rings. The molecule has 2 aromatic heterocycles. The van der Waals surface area contributed by atoms with Crippen LogP contribution in [0.1, 0.15) is 11.1 Å². The van der Waals surface area contributed by atoms with Gasteiger partial charge in [-0.15, -0.1) is 0 Å². The van der Waals surface area contributed by atoms with Crippen LogP contribution in [-0.2, 0) is 6.61 Å². The first kappa shape index (κ1) is 20.8. The first-order valence-electron chi connectivity index (χ1n) is 9.23. The average molecular weight is 450 g/mol. The summed E-state index contributed by atoms with van der Waals surface area (Å²) in [7, 11) is 0. The number of pyridine rings is 2. The second-order valence-electron chi connectivity index (χ2n) is 6.63. The average Bonchev–Trinajstić information content (AvgIpc) is 2.78. The maximum absolute atomic E-state index is 13.5. The van der Waals surface area contributed by atoms with Gasteiger partial charge in [-0.2, -0.15) is 5.26 Å². The number of halogens is 3. The number of aromatic nitrogens is 2. The van der Waals surface area contributed by atoms with Crippen molar-refractivity contribution in [1.82, 2.24) is 9.97 Å². The van der Waals surface area contributed by atoms with E-state index in [9.17, 15) is 9.65 Å². The molecule has 0 bridgehead atoms. The van der Waals surface area contributed by atoms with E-state index in [1.165, 1.54) is 12.1 Å². The molecule has 7 heteroatoms. The van der Waals surface area contributed by atoms with Crippen LogP contribution < -0.4 is 4.74 Å². The van der Waals surface area contributed by atoms with Crippen LogP contribution >= 0.6 is 23.2 Å². The highest BCUT2D eigenvalue weighted by molar-refractivity contribution is 6.36. The summed E-state index contributed by atoms with van der Waals surface area (Å²) < 4.78 is 19.3. The summed E-state index contributed by atoms with van der Waals surface area (Å²) in [6.45, 7) is 0.194. The molecule has 0 saturated heterocycles.